The highest BCUT2D eigenvalue weighted by molar-refractivity contribution is 6.76. The van der Waals surface area contributed by atoms with Gasteiger partial charge in [0.15, 0.2) is 0 Å². The molecule has 0 fully saturated rings. The van der Waals surface area contributed by atoms with Crippen LogP contribution in [0.25, 0.3) is 0 Å². The van der Waals surface area contributed by atoms with Gasteiger partial charge in [0.25, 0.3) is 0 Å². The van der Waals surface area contributed by atoms with E-state index in [1.165, 1.54) is 0 Å². The summed E-state index contributed by atoms with van der Waals surface area (Å²) in [5, 5.41) is 8.56. The molecule has 4 heteroatoms. The molecule has 0 aliphatic rings. The predicted molar refractivity (Wildman–Crippen MR) is 65.1 cm³/mol. The minimum Gasteiger partial charge on any atom is -0.450 e. The summed E-state index contributed by atoms with van der Waals surface area (Å²) in [6.07, 6.45) is 1.51. The Morgan fingerprint density at radius 1 is 1.47 bits per heavy atom. The van der Waals surface area contributed by atoms with Gasteiger partial charge < -0.3 is 9.84 Å². The van der Waals surface area contributed by atoms with Crippen LogP contribution in [-0.2, 0) is 4.74 Å². The Labute approximate surface area is 93.1 Å². The van der Waals surface area contributed by atoms with Crippen LogP contribution in [0, 0.1) is 0 Å². The number of hydrogen-bond acceptors (Lipinski definition) is 2. The molecular formula is C11H22O3Si. The van der Waals surface area contributed by atoms with Crippen molar-refractivity contribution < 1.29 is 14.6 Å². The largest absolute Gasteiger partial charge is 0.506 e. The van der Waals surface area contributed by atoms with Gasteiger partial charge in [-0.15, -0.1) is 0 Å². The molecule has 0 radical (unpaired) electrons. The van der Waals surface area contributed by atoms with Gasteiger partial charge in [-0.25, -0.2) is 4.79 Å². The molecule has 88 valence electrons. The zero-order chi connectivity index (χ0) is 12.1. The van der Waals surface area contributed by atoms with Crippen molar-refractivity contribution in [3.63, 3.8) is 0 Å². The van der Waals surface area contributed by atoms with Crippen molar-refractivity contribution in [2.45, 2.75) is 52.1 Å². The fourth-order valence-electron chi connectivity index (χ4n) is 1.48. The van der Waals surface area contributed by atoms with E-state index >= 15 is 0 Å². The maximum atomic E-state index is 10.4. The van der Waals surface area contributed by atoms with Crippen molar-refractivity contribution in [1.29, 1.82) is 0 Å². The molecule has 0 aromatic rings. The smallest absolute Gasteiger partial charge is 0.450 e. The van der Waals surface area contributed by atoms with Crippen LogP contribution in [0.5, 0.6) is 0 Å². The number of allylic oxidation sites excluding steroid dienone is 1. The molecular weight excluding hydrogens is 208 g/mol. The summed E-state index contributed by atoms with van der Waals surface area (Å²) in [5.74, 6) is 0. The zero-order valence-corrected chi connectivity index (χ0v) is 11.3. The highest BCUT2D eigenvalue weighted by atomic mass is 28.3. The van der Waals surface area contributed by atoms with E-state index in [2.05, 4.69) is 32.6 Å². The fraction of sp³-hybridized carbons (Fsp3) is 0.727. The van der Waals surface area contributed by atoms with Gasteiger partial charge in [-0.2, -0.15) is 0 Å². The van der Waals surface area contributed by atoms with Crippen LogP contribution in [0.3, 0.4) is 0 Å². The van der Waals surface area contributed by atoms with Crippen molar-refractivity contribution in [1.82, 2.24) is 0 Å². The monoisotopic (exact) mass is 230 g/mol. The van der Waals surface area contributed by atoms with Gasteiger partial charge in [0.1, 0.15) is 6.10 Å². The summed E-state index contributed by atoms with van der Waals surface area (Å²) >= 11 is 0. The van der Waals surface area contributed by atoms with E-state index in [1.807, 2.05) is 0 Å². The summed E-state index contributed by atoms with van der Waals surface area (Å²) < 4.78 is 4.78. The Hall–Kier alpha value is -0.773. The number of carboxylic acid groups (broad SMARTS) is 1. The lowest BCUT2D eigenvalue weighted by molar-refractivity contribution is 0.0713. The van der Waals surface area contributed by atoms with Crippen LogP contribution < -0.4 is 0 Å². The topological polar surface area (TPSA) is 46.5 Å². The third-order valence-electron chi connectivity index (χ3n) is 2.00. The molecule has 15 heavy (non-hydrogen) atoms. The van der Waals surface area contributed by atoms with Crippen molar-refractivity contribution in [2.75, 3.05) is 0 Å². The van der Waals surface area contributed by atoms with E-state index in [0.717, 1.165) is 18.0 Å². The first-order valence-electron chi connectivity index (χ1n) is 5.34. The molecule has 0 saturated heterocycles. The van der Waals surface area contributed by atoms with E-state index in [4.69, 9.17) is 9.84 Å². The summed E-state index contributed by atoms with van der Waals surface area (Å²) in [7, 11) is -1.21. The minimum absolute atomic E-state index is 0.311. The van der Waals surface area contributed by atoms with Gasteiger partial charge in [0.2, 0.25) is 0 Å². The average Bonchev–Trinajstić information content (AvgIpc) is 1.99. The summed E-state index contributed by atoms with van der Waals surface area (Å²) in [4.78, 5) is 10.4. The van der Waals surface area contributed by atoms with Crippen LogP contribution >= 0.6 is 0 Å². The highest BCUT2D eigenvalue weighted by Gasteiger charge is 2.20. The highest BCUT2D eigenvalue weighted by Crippen LogP contribution is 2.21. The molecule has 1 N–H and O–H groups in total. The van der Waals surface area contributed by atoms with Crippen LogP contribution in [0.15, 0.2) is 11.6 Å². The van der Waals surface area contributed by atoms with Crippen molar-refractivity contribution in [3.8, 4) is 0 Å². The van der Waals surface area contributed by atoms with Gasteiger partial charge in [-0.1, -0.05) is 32.6 Å². The van der Waals surface area contributed by atoms with E-state index in [9.17, 15) is 4.79 Å². The SMILES string of the molecule is CC/C=C(/C[Si](C)(C)C)C(C)OC(=O)O. The van der Waals surface area contributed by atoms with E-state index in [1.54, 1.807) is 6.92 Å². The first kappa shape index (κ1) is 14.2. The Kier molecular flexibility index (Phi) is 5.65. The van der Waals surface area contributed by atoms with Gasteiger partial charge in [-0.3, -0.25) is 0 Å². The lowest BCUT2D eigenvalue weighted by Crippen LogP contribution is -2.25. The third kappa shape index (κ3) is 7.19. The molecule has 3 nitrogen and oxygen atoms in total. The second-order valence-electron chi connectivity index (χ2n) is 4.95. The number of carbonyl (C=O) groups is 1. The molecule has 0 saturated carbocycles. The quantitative estimate of drug-likeness (QED) is 0.444. The standard InChI is InChI=1S/C11H22O3Si/c1-6-7-10(8-15(3,4)5)9(2)14-11(12)13/h7,9H,6,8H2,1-5H3,(H,12,13)/b10-7-. The Morgan fingerprint density at radius 2 is 2.00 bits per heavy atom. The van der Waals surface area contributed by atoms with E-state index in [-0.39, 0.29) is 6.10 Å². The maximum Gasteiger partial charge on any atom is 0.506 e. The Morgan fingerprint density at radius 3 is 2.33 bits per heavy atom. The molecule has 0 bridgehead atoms. The second-order valence-corrected chi connectivity index (χ2v) is 10.4. The fourth-order valence-corrected chi connectivity index (χ4v) is 3.14. The van der Waals surface area contributed by atoms with Gasteiger partial charge >= 0.3 is 6.16 Å². The van der Waals surface area contributed by atoms with Gasteiger partial charge in [0, 0.05) is 8.07 Å². The lowest BCUT2D eigenvalue weighted by Gasteiger charge is -2.22. The normalized spacial score (nSPS) is 14.9. The molecule has 0 spiro atoms. The summed E-state index contributed by atoms with van der Waals surface area (Å²) in [5.41, 5.74) is 1.12. The van der Waals surface area contributed by atoms with Crippen LogP contribution in [-0.4, -0.2) is 25.4 Å². The minimum atomic E-state index is -1.21. The first-order chi connectivity index (χ1) is 6.76. The molecule has 1 atom stereocenters. The maximum absolute atomic E-state index is 10.4. The van der Waals surface area contributed by atoms with Crippen molar-refractivity contribution >= 4 is 14.2 Å². The number of ether oxygens (including phenoxy) is 1. The molecule has 0 amide bonds. The molecule has 0 rings (SSSR count). The van der Waals surface area contributed by atoms with E-state index in [0.29, 0.717) is 0 Å². The van der Waals surface area contributed by atoms with Crippen LogP contribution in [0.4, 0.5) is 4.79 Å². The zero-order valence-electron chi connectivity index (χ0n) is 10.3. The molecule has 1 unspecified atom stereocenters. The molecule has 0 aliphatic heterocycles. The van der Waals surface area contributed by atoms with Crippen molar-refractivity contribution in [2.24, 2.45) is 0 Å². The average molecular weight is 230 g/mol. The van der Waals surface area contributed by atoms with Crippen LogP contribution in [0.1, 0.15) is 20.3 Å². The van der Waals surface area contributed by atoms with Gasteiger partial charge in [-0.05, 0) is 25.0 Å². The molecule has 0 aromatic carbocycles. The van der Waals surface area contributed by atoms with Crippen LogP contribution in [0.2, 0.25) is 25.7 Å². The number of hydrogen-bond donors (Lipinski definition) is 1. The summed E-state index contributed by atoms with van der Waals surface area (Å²) in [6, 6.07) is 0.995. The lowest BCUT2D eigenvalue weighted by atomic mass is 10.1. The third-order valence-corrected chi connectivity index (χ3v) is 3.47. The predicted octanol–water partition coefficient (Wildman–Crippen LogP) is 3.74. The molecule has 0 aromatic heterocycles. The molecule has 0 heterocycles. The van der Waals surface area contributed by atoms with Gasteiger partial charge in [0.05, 0.1) is 0 Å². The summed E-state index contributed by atoms with van der Waals surface area (Å²) in [6.45, 7) is 10.7. The van der Waals surface area contributed by atoms with E-state index < -0.39 is 14.2 Å². The number of rotatable bonds is 5. The Bertz CT molecular complexity index is 241. The molecule has 0 aliphatic carbocycles. The second kappa shape index (κ2) is 5.95. The first-order valence-corrected chi connectivity index (χ1v) is 9.05. The Balaban J connectivity index is 4.53. The van der Waals surface area contributed by atoms with Crippen molar-refractivity contribution in [3.05, 3.63) is 11.6 Å².